The molecule has 0 spiro atoms. The number of halogens is 2. The summed E-state index contributed by atoms with van der Waals surface area (Å²) in [6.45, 7) is 0. The maximum atomic E-state index is 12.2. The highest BCUT2D eigenvalue weighted by Gasteiger charge is 2.11. The Morgan fingerprint density at radius 3 is 2.38 bits per heavy atom. The second kappa shape index (κ2) is 8.08. The fourth-order valence-corrected chi connectivity index (χ4v) is 2.79. The number of furan rings is 1. The number of benzene rings is 2. The smallest absolute Gasteiger partial charge is 0.291 e. The monoisotopic (exact) mass is 388 g/mol. The number of amides is 2. The molecule has 26 heavy (non-hydrogen) atoms. The number of nitrogens with one attached hydrogen (secondary N) is 2. The molecule has 0 fully saturated rings. The Morgan fingerprint density at radius 2 is 1.69 bits per heavy atom. The molecule has 1 aromatic heterocycles. The number of anilines is 2. The predicted molar refractivity (Wildman–Crippen MR) is 102 cm³/mol. The average Bonchev–Trinajstić information content (AvgIpc) is 3.12. The van der Waals surface area contributed by atoms with E-state index in [1.807, 2.05) is 0 Å². The maximum absolute atomic E-state index is 12.2. The van der Waals surface area contributed by atoms with Crippen LogP contribution in [0.5, 0.6) is 0 Å². The van der Waals surface area contributed by atoms with Gasteiger partial charge in [-0.1, -0.05) is 35.3 Å². The minimum Gasteiger partial charge on any atom is -0.459 e. The Kier molecular flexibility index (Phi) is 5.61. The van der Waals surface area contributed by atoms with E-state index in [2.05, 4.69) is 10.6 Å². The first-order valence-corrected chi connectivity index (χ1v) is 8.45. The van der Waals surface area contributed by atoms with Crippen molar-refractivity contribution in [2.75, 3.05) is 10.6 Å². The lowest BCUT2D eigenvalue weighted by molar-refractivity contribution is -0.115. The normalized spacial score (nSPS) is 10.4. The average molecular weight is 389 g/mol. The molecule has 0 saturated carbocycles. The van der Waals surface area contributed by atoms with Gasteiger partial charge in [0.25, 0.3) is 5.91 Å². The van der Waals surface area contributed by atoms with Crippen LogP contribution in [0.1, 0.15) is 16.1 Å². The van der Waals surface area contributed by atoms with Crippen LogP contribution >= 0.6 is 23.2 Å². The molecule has 7 heteroatoms. The van der Waals surface area contributed by atoms with Crippen LogP contribution in [0.15, 0.2) is 65.3 Å². The molecule has 0 aliphatic carbocycles. The van der Waals surface area contributed by atoms with E-state index in [4.69, 9.17) is 27.6 Å². The van der Waals surface area contributed by atoms with Crippen LogP contribution in [0.25, 0.3) is 0 Å². The molecule has 2 aromatic carbocycles. The fourth-order valence-electron chi connectivity index (χ4n) is 2.32. The SMILES string of the molecule is O=C(Cc1ccc(Cl)cc1Cl)Nc1cccc(NC(=O)c2ccco2)c1. The Hall–Kier alpha value is -2.76. The number of carbonyl (C=O) groups excluding carboxylic acids is 2. The highest BCUT2D eigenvalue weighted by molar-refractivity contribution is 6.35. The summed E-state index contributed by atoms with van der Waals surface area (Å²) in [5.41, 5.74) is 1.77. The third-order valence-electron chi connectivity index (χ3n) is 3.52. The lowest BCUT2D eigenvalue weighted by Gasteiger charge is -2.09. The standard InChI is InChI=1S/C19H14Cl2N2O3/c20-13-7-6-12(16(21)10-13)9-18(24)22-14-3-1-4-15(11-14)23-19(25)17-5-2-8-26-17/h1-8,10-11H,9H2,(H,22,24)(H,23,25). The molecule has 5 nitrogen and oxygen atoms in total. The highest BCUT2D eigenvalue weighted by Crippen LogP contribution is 2.22. The zero-order chi connectivity index (χ0) is 18.5. The molecular formula is C19H14Cl2N2O3. The van der Waals surface area contributed by atoms with Crippen molar-refractivity contribution in [2.45, 2.75) is 6.42 Å². The molecular weight excluding hydrogens is 375 g/mol. The maximum Gasteiger partial charge on any atom is 0.291 e. The molecule has 1 heterocycles. The van der Waals surface area contributed by atoms with Crippen molar-refractivity contribution in [3.8, 4) is 0 Å². The van der Waals surface area contributed by atoms with Crippen LogP contribution < -0.4 is 10.6 Å². The van der Waals surface area contributed by atoms with Gasteiger partial charge in [-0.25, -0.2) is 0 Å². The molecule has 0 radical (unpaired) electrons. The zero-order valence-electron chi connectivity index (χ0n) is 13.5. The fraction of sp³-hybridized carbons (Fsp3) is 0.0526. The van der Waals surface area contributed by atoms with E-state index in [1.165, 1.54) is 6.26 Å². The Balaban J connectivity index is 1.64. The van der Waals surface area contributed by atoms with Gasteiger partial charge in [0.05, 0.1) is 12.7 Å². The van der Waals surface area contributed by atoms with E-state index < -0.39 is 0 Å². The molecule has 0 aliphatic rings. The second-order valence-electron chi connectivity index (χ2n) is 5.47. The van der Waals surface area contributed by atoms with Gasteiger partial charge in [-0.15, -0.1) is 0 Å². The summed E-state index contributed by atoms with van der Waals surface area (Å²) in [5.74, 6) is -0.396. The number of rotatable bonds is 5. The van der Waals surface area contributed by atoms with Gasteiger partial charge in [0, 0.05) is 21.4 Å². The predicted octanol–water partition coefficient (Wildman–Crippen LogP) is 5.02. The summed E-state index contributed by atoms with van der Waals surface area (Å²) >= 11 is 11.9. The van der Waals surface area contributed by atoms with Crippen molar-refractivity contribution >= 4 is 46.4 Å². The van der Waals surface area contributed by atoms with Crippen molar-refractivity contribution in [3.63, 3.8) is 0 Å². The van der Waals surface area contributed by atoms with Gasteiger partial charge < -0.3 is 15.1 Å². The van der Waals surface area contributed by atoms with Crippen LogP contribution in [0.3, 0.4) is 0 Å². The Bertz CT molecular complexity index is 940. The van der Waals surface area contributed by atoms with Gasteiger partial charge >= 0.3 is 0 Å². The molecule has 3 aromatic rings. The first-order valence-electron chi connectivity index (χ1n) is 7.70. The summed E-state index contributed by atoms with van der Waals surface area (Å²) in [5, 5.41) is 6.43. The third kappa shape index (κ3) is 4.65. The van der Waals surface area contributed by atoms with Gasteiger partial charge in [-0.2, -0.15) is 0 Å². The summed E-state index contributed by atoms with van der Waals surface area (Å²) in [6, 6.07) is 15.0. The van der Waals surface area contributed by atoms with E-state index in [9.17, 15) is 9.59 Å². The van der Waals surface area contributed by atoms with E-state index >= 15 is 0 Å². The van der Waals surface area contributed by atoms with Gasteiger partial charge in [-0.05, 0) is 48.0 Å². The van der Waals surface area contributed by atoms with Crippen molar-refractivity contribution < 1.29 is 14.0 Å². The number of hydrogen-bond acceptors (Lipinski definition) is 3. The summed E-state index contributed by atoms with van der Waals surface area (Å²) in [7, 11) is 0. The molecule has 0 bridgehead atoms. The largest absolute Gasteiger partial charge is 0.459 e. The minimum atomic E-state index is -0.369. The summed E-state index contributed by atoms with van der Waals surface area (Å²) in [6.07, 6.45) is 1.53. The molecule has 0 aliphatic heterocycles. The summed E-state index contributed by atoms with van der Waals surface area (Å²) in [4.78, 5) is 24.2. The quantitative estimate of drug-likeness (QED) is 0.644. The van der Waals surface area contributed by atoms with E-state index in [-0.39, 0.29) is 24.0 Å². The van der Waals surface area contributed by atoms with E-state index in [1.54, 1.807) is 54.6 Å². The van der Waals surface area contributed by atoms with Crippen molar-refractivity contribution in [2.24, 2.45) is 0 Å². The highest BCUT2D eigenvalue weighted by atomic mass is 35.5. The first kappa shape index (κ1) is 18.0. The molecule has 2 amide bonds. The molecule has 2 N–H and O–H groups in total. The zero-order valence-corrected chi connectivity index (χ0v) is 15.0. The van der Waals surface area contributed by atoms with E-state index in [0.717, 1.165) is 0 Å². The van der Waals surface area contributed by atoms with Crippen molar-refractivity contribution in [3.05, 3.63) is 82.2 Å². The molecule has 132 valence electrons. The van der Waals surface area contributed by atoms with Crippen LogP contribution in [0.2, 0.25) is 10.0 Å². The van der Waals surface area contributed by atoms with Crippen LogP contribution in [-0.4, -0.2) is 11.8 Å². The lowest BCUT2D eigenvalue weighted by atomic mass is 10.1. The molecule has 0 atom stereocenters. The Labute approximate surface area is 159 Å². The third-order valence-corrected chi connectivity index (χ3v) is 4.10. The Morgan fingerprint density at radius 1 is 0.923 bits per heavy atom. The number of hydrogen-bond donors (Lipinski definition) is 2. The molecule has 3 rings (SSSR count). The van der Waals surface area contributed by atoms with Crippen LogP contribution in [0, 0.1) is 0 Å². The minimum absolute atomic E-state index is 0.110. The second-order valence-corrected chi connectivity index (χ2v) is 6.32. The molecule has 0 unspecified atom stereocenters. The van der Waals surface area contributed by atoms with Gasteiger partial charge in [0.2, 0.25) is 5.91 Å². The van der Waals surface area contributed by atoms with Crippen molar-refractivity contribution in [1.29, 1.82) is 0 Å². The topological polar surface area (TPSA) is 71.3 Å². The van der Waals surface area contributed by atoms with Gasteiger partial charge in [0.15, 0.2) is 5.76 Å². The summed E-state index contributed by atoms with van der Waals surface area (Å²) < 4.78 is 5.04. The lowest BCUT2D eigenvalue weighted by Crippen LogP contribution is -2.15. The number of carbonyl (C=O) groups is 2. The van der Waals surface area contributed by atoms with Gasteiger partial charge in [-0.3, -0.25) is 9.59 Å². The van der Waals surface area contributed by atoms with Crippen molar-refractivity contribution in [1.82, 2.24) is 0 Å². The first-order chi connectivity index (χ1) is 12.5. The van der Waals surface area contributed by atoms with Gasteiger partial charge in [0.1, 0.15) is 0 Å². The van der Waals surface area contributed by atoms with Crippen LogP contribution in [-0.2, 0) is 11.2 Å². The van der Waals surface area contributed by atoms with Crippen LogP contribution in [0.4, 0.5) is 11.4 Å². The molecule has 0 saturated heterocycles. The van der Waals surface area contributed by atoms with E-state index in [0.29, 0.717) is 27.0 Å².